The minimum absolute atomic E-state index is 0.103. The molecular formula is C12H12N. The molecule has 0 aliphatic rings. The van der Waals surface area contributed by atoms with Crippen molar-refractivity contribution < 1.29 is 0 Å². The highest BCUT2D eigenvalue weighted by atomic mass is 14.2. The smallest absolute Gasteiger partial charge is 0.0994 e. The third-order valence-corrected chi connectivity index (χ3v) is 2.08. The summed E-state index contributed by atoms with van der Waals surface area (Å²) >= 11 is 0. The third kappa shape index (κ3) is 1.97. The van der Waals surface area contributed by atoms with Crippen molar-refractivity contribution in [3.63, 3.8) is 0 Å². The van der Waals surface area contributed by atoms with Crippen LogP contribution in [0.5, 0.6) is 0 Å². The van der Waals surface area contributed by atoms with E-state index < -0.39 is 0 Å². The first-order valence-corrected chi connectivity index (χ1v) is 4.15. The fraction of sp³-hybridized carbons (Fsp3) is 0.167. The second kappa shape index (κ2) is 3.91. The normalized spacial score (nSPS) is 11.8. The Balaban J connectivity index is 3.11. The molecule has 13 heavy (non-hydrogen) atoms. The quantitative estimate of drug-likeness (QED) is 0.626. The molecule has 0 saturated carbocycles. The SMILES string of the molecule is [CH2]C(C=C)c1ccc(C#N)c(C)c1. The van der Waals surface area contributed by atoms with Crippen molar-refractivity contribution in [3.05, 3.63) is 54.5 Å². The van der Waals surface area contributed by atoms with Crippen LogP contribution in [-0.4, -0.2) is 0 Å². The molecule has 65 valence electrons. The van der Waals surface area contributed by atoms with E-state index in [1.807, 2.05) is 25.1 Å². The van der Waals surface area contributed by atoms with Gasteiger partial charge in [0, 0.05) is 5.92 Å². The highest BCUT2D eigenvalue weighted by Gasteiger charge is 2.03. The standard InChI is InChI=1S/C12H12N/c1-4-9(2)11-5-6-12(8-13)10(3)7-11/h4-7,9H,1-2H2,3H3. The van der Waals surface area contributed by atoms with Gasteiger partial charge < -0.3 is 0 Å². The van der Waals surface area contributed by atoms with E-state index in [9.17, 15) is 0 Å². The number of hydrogen-bond donors (Lipinski definition) is 0. The lowest BCUT2D eigenvalue weighted by atomic mass is 9.97. The molecule has 0 spiro atoms. The van der Waals surface area contributed by atoms with Gasteiger partial charge >= 0.3 is 0 Å². The van der Waals surface area contributed by atoms with Crippen LogP contribution < -0.4 is 0 Å². The van der Waals surface area contributed by atoms with E-state index in [2.05, 4.69) is 19.6 Å². The summed E-state index contributed by atoms with van der Waals surface area (Å²) < 4.78 is 0. The molecule has 1 nitrogen and oxygen atoms in total. The largest absolute Gasteiger partial charge is 0.192 e. The molecule has 0 N–H and O–H groups in total. The second-order valence-corrected chi connectivity index (χ2v) is 3.03. The highest BCUT2D eigenvalue weighted by Crippen LogP contribution is 2.18. The molecule has 0 aromatic heterocycles. The maximum absolute atomic E-state index is 8.72. The number of hydrogen-bond acceptors (Lipinski definition) is 1. The van der Waals surface area contributed by atoms with Crippen molar-refractivity contribution in [2.75, 3.05) is 0 Å². The van der Waals surface area contributed by atoms with E-state index in [-0.39, 0.29) is 5.92 Å². The van der Waals surface area contributed by atoms with Gasteiger partial charge in [-0.15, -0.1) is 6.58 Å². The summed E-state index contributed by atoms with van der Waals surface area (Å²) in [5.41, 5.74) is 2.82. The number of nitrogens with zero attached hydrogens (tertiary/aromatic N) is 1. The topological polar surface area (TPSA) is 23.8 Å². The first kappa shape index (κ1) is 9.54. The van der Waals surface area contributed by atoms with Gasteiger partial charge in [-0.2, -0.15) is 5.26 Å². The predicted octanol–water partition coefficient (Wildman–Crippen LogP) is 2.97. The van der Waals surface area contributed by atoms with Crippen LogP contribution in [0.1, 0.15) is 22.6 Å². The zero-order valence-electron chi connectivity index (χ0n) is 7.75. The van der Waals surface area contributed by atoms with E-state index in [0.29, 0.717) is 0 Å². The maximum Gasteiger partial charge on any atom is 0.0994 e. The number of nitriles is 1. The molecule has 0 saturated heterocycles. The van der Waals surface area contributed by atoms with Crippen LogP contribution in [0, 0.1) is 25.2 Å². The second-order valence-electron chi connectivity index (χ2n) is 3.03. The average Bonchev–Trinajstić information content (AvgIpc) is 2.16. The summed E-state index contributed by atoms with van der Waals surface area (Å²) in [6.45, 7) is 9.53. The van der Waals surface area contributed by atoms with Crippen molar-refractivity contribution in [2.24, 2.45) is 0 Å². The van der Waals surface area contributed by atoms with Crippen molar-refractivity contribution >= 4 is 0 Å². The molecule has 0 fully saturated rings. The first-order valence-electron chi connectivity index (χ1n) is 4.15. The van der Waals surface area contributed by atoms with Gasteiger partial charge in [-0.1, -0.05) is 18.2 Å². The van der Waals surface area contributed by atoms with Crippen LogP contribution in [0.15, 0.2) is 30.9 Å². The summed E-state index contributed by atoms with van der Waals surface area (Å²) in [6.07, 6.45) is 1.79. The lowest BCUT2D eigenvalue weighted by Gasteiger charge is -2.07. The first-order chi connectivity index (χ1) is 6.19. The lowest BCUT2D eigenvalue weighted by molar-refractivity contribution is 1.08. The number of benzene rings is 1. The molecule has 0 aliphatic heterocycles. The Morgan fingerprint density at radius 2 is 2.23 bits per heavy atom. The van der Waals surface area contributed by atoms with Crippen LogP contribution in [-0.2, 0) is 0 Å². The van der Waals surface area contributed by atoms with Gasteiger partial charge in [-0.05, 0) is 31.0 Å². The Hall–Kier alpha value is -1.55. The minimum atomic E-state index is 0.103. The van der Waals surface area contributed by atoms with Crippen LogP contribution in [0.2, 0.25) is 0 Å². The molecule has 1 aromatic rings. The van der Waals surface area contributed by atoms with Gasteiger partial charge in [0.25, 0.3) is 0 Å². The highest BCUT2D eigenvalue weighted by molar-refractivity contribution is 5.41. The van der Waals surface area contributed by atoms with E-state index in [0.717, 1.165) is 16.7 Å². The average molecular weight is 170 g/mol. The van der Waals surface area contributed by atoms with Crippen LogP contribution in [0.4, 0.5) is 0 Å². The molecule has 0 amide bonds. The summed E-state index contributed by atoms with van der Waals surface area (Å²) in [7, 11) is 0. The fourth-order valence-electron chi connectivity index (χ4n) is 1.18. The van der Waals surface area contributed by atoms with Crippen molar-refractivity contribution in [2.45, 2.75) is 12.8 Å². The molecule has 1 unspecified atom stereocenters. The van der Waals surface area contributed by atoms with Gasteiger partial charge in [0.1, 0.15) is 0 Å². The molecule has 1 heteroatoms. The van der Waals surface area contributed by atoms with Crippen molar-refractivity contribution in [1.29, 1.82) is 5.26 Å². The number of aryl methyl sites for hydroxylation is 1. The molecule has 1 rings (SSSR count). The molecule has 0 aliphatic carbocycles. The zero-order valence-corrected chi connectivity index (χ0v) is 7.75. The van der Waals surface area contributed by atoms with Gasteiger partial charge in [0.15, 0.2) is 0 Å². The molecular weight excluding hydrogens is 158 g/mol. The fourth-order valence-corrected chi connectivity index (χ4v) is 1.18. The van der Waals surface area contributed by atoms with Gasteiger partial charge in [-0.25, -0.2) is 0 Å². The van der Waals surface area contributed by atoms with E-state index in [1.54, 1.807) is 6.08 Å². The van der Waals surface area contributed by atoms with Gasteiger partial charge in [-0.3, -0.25) is 0 Å². The summed E-state index contributed by atoms with van der Waals surface area (Å²) in [4.78, 5) is 0. The summed E-state index contributed by atoms with van der Waals surface area (Å²) in [5.74, 6) is 0.103. The minimum Gasteiger partial charge on any atom is -0.192 e. The van der Waals surface area contributed by atoms with E-state index >= 15 is 0 Å². The Morgan fingerprint density at radius 1 is 1.54 bits per heavy atom. The maximum atomic E-state index is 8.72. The van der Waals surface area contributed by atoms with Crippen molar-refractivity contribution in [3.8, 4) is 6.07 Å². The van der Waals surface area contributed by atoms with Crippen LogP contribution in [0.3, 0.4) is 0 Å². The van der Waals surface area contributed by atoms with E-state index in [1.165, 1.54) is 0 Å². The Kier molecular flexibility index (Phi) is 2.87. The van der Waals surface area contributed by atoms with Crippen LogP contribution in [0.25, 0.3) is 0 Å². The third-order valence-electron chi connectivity index (χ3n) is 2.08. The predicted molar refractivity (Wildman–Crippen MR) is 54.2 cm³/mol. The van der Waals surface area contributed by atoms with Gasteiger partial charge in [0.2, 0.25) is 0 Å². The molecule has 1 aromatic carbocycles. The molecule has 0 bridgehead atoms. The molecule has 1 atom stereocenters. The Morgan fingerprint density at radius 3 is 2.69 bits per heavy atom. The monoisotopic (exact) mass is 170 g/mol. The Labute approximate surface area is 79.3 Å². The number of allylic oxidation sites excluding steroid dienone is 1. The zero-order chi connectivity index (χ0) is 9.84. The Bertz CT molecular complexity index is 358. The molecule has 0 heterocycles. The van der Waals surface area contributed by atoms with Gasteiger partial charge in [0.05, 0.1) is 11.6 Å². The summed E-state index contributed by atoms with van der Waals surface area (Å²) in [6, 6.07) is 7.86. The number of rotatable bonds is 2. The van der Waals surface area contributed by atoms with Crippen molar-refractivity contribution in [1.82, 2.24) is 0 Å². The van der Waals surface area contributed by atoms with Crippen LogP contribution >= 0.6 is 0 Å². The molecule has 1 radical (unpaired) electrons. The summed E-state index contributed by atoms with van der Waals surface area (Å²) in [5, 5.41) is 8.72. The lowest BCUT2D eigenvalue weighted by Crippen LogP contribution is -1.91. The van der Waals surface area contributed by atoms with E-state index in [4.69, 9.17) is 5.26 Å².